The van der Waals surface area contributed by atoms with Gasteiger partial charge in [-0.3, -0.25) is 4.79 Å². The van der Waals surface area contributed by atoms with Crippen LogP contribution in [0.1, 0.15) is 26.3 Å². The van der Waals surface area contributed by atoms with Gasteiger partial charge in [0.15, 0.2) is 0 Å². The second kappa shape index (κ2) is 9.91. The second-order valence-corrected chi connectivity index (χ2v) is 5.02. The van der Waals surface area contributed by atoms with Crippen LogP contribution in [0.5, 0.6) is 0 Å². The number of nitrogens with zero attached hydrogens (tertiary/aromatic N) is 4. The first kappa shape index (κ1) is 19.1. The molecule has 126 valence electrons. The van der Waals surface area contributed by atoms with E-state index in [9.17, 15) is 4.79 Å². The highest BCUT2D eigenvalue weighted by Gasteiger charge is 2.18. The van der Waals surface area contributed by atoms with Gasteiger partial charge < -0.3 is 10.6 Å². The Hall–Kier alpha value is -1.99. The number of rotatable bonds is 8. The maximum atomic E-state index is 12.1. The summed E-state index contributed by atoms with van der Waals surface area (Å²) in [5.41, 5.74) is 0.880. The SMILES string of the molecule is CCCNCCNC(=O)C(C)n1nnc(-c2ccccc2)n1.Cl. The summed E-state index contributed by atoms with van der Waals surface area (Å²) in [7, 11) is 0. The third-order valence-corrected chi connectivity index (χ3v) is 3.21. The molecule has 0 saturated heterocycles. The zero-order valence-corrected chi connectivity index (χ0v) is 14.2. The molecule has 1 atom stereocenters. The monoisotopic (exact) mass is 338 g/mol. The molecule has 0 spiro atoms. The first-order valence-corrected chi connectivity index (χ1v) is 7.55. The Morgan fingerprint density at radius 2 is 1.96 bits per heavy atom. The van der Waals surface area contributed by atoms with Gasteiger partial charge in [0.05, 0.1) is 0 Å². The van der Waals surface area contributed by atoms with Crippen LogP contribution >= 0.6 is 12.4 Å². The Labute approximate surface area is 142 Å². The van der Waals surface area contributed by atoms with Gasteiger partial charge in [0.25, 0.3) is 0 Å². The van der Waals surface area contributed by atoms with E-state index in [4.69, 9.17) is 0 Å². The van der Waals surface area contributed by atoms with Crippen molar-refractivity contribution in [2.75, 3.05) is 19.6 Å². The van der Waals surface area contributed by atoms with Gasteiger partial charge in [-0.25, -0.2) is 0 Å². The van der Waals surface area contributed by atoms with Gasteiger partial charge >= 0.3 is 0 Å². The normalized spacial score (nSPS) is 11.6. The quantitative estimate of drug-likeness (QED) is 0.711. The summed E-state index contributed by atoms with van der Waals surface area (Å²) < 4.78 is 0. The van der Waals surface area contributed by atoms with E-state index in [1.807, 2.05) is 30.3 Å². The number of carbonyl (C=O) groups excluding carboxylic acids is 1. The van der Waals surface area contributed by atoms with Gasteiger partial charge in [-0.15, -0.1) is 22.6 Å². The van der Waals surface area contributed by atoms with Crippen molar-refractivity contribution in [2.24, 2.45) is 0 Å². The summed E-state index contributed by atoms with van der Waals surface area (Å²) in [6, 6.07) is 9.08. The third-order valence-electron chi connectivity index (χ3n) is 3.21. The lowest BCUT2D eigenvalue weighted by molar-refractivity contribution is -0.124. The molecule has 23 heavy (non-hydrogen) atoms. The number of aromatic nitrogens is 4. The molecule has 7 nitrogen and oxygen atoms in total. The lowest BCUT2D eigenvalue weighted by Crippen LogP contribution is -2.36. The topological polar surface area (TPSA) is 84.7 Å². The van der Waals surface area contributed by atoms with Crippen molar-refractivity contribution in [1.82, 2.24) is 30.8 Å². The molecule has 1 heterocycles. The van der Waals surface area contributed by atoms with E-state index < -0.39 is 6.04 Å². The molecule has 1 amide bonds. The van der Waals surface area contributed by atoms with Gasteiger partial charge in [-0.2, -0.15) is 4.80 Å². The van der Waals surface area contributed by atoms with Crippen LogP contribution in [0, 0.1) is 0 Å². The van der Waals surface area contributed by atoms with Crippen LogP contribution < -0.4 is 10.6 Å². The van der Waals surface area contributed by atoms with Crippen LogP contribution in [0.15, 0.2) is 30.3 Å². The molecule has 0 aliphatic carbocycles. The summed E-state index contributed by atoms with van der Waals surface area (Å²) in [4.78, 5) is 13.4. The summed E-state index contributed by atoms with van der Waals surface area (Å²) in [6.07, 6.45) is 1.08. The molecule has 0 bridgehead atoms. The highest BCUT2D eigenvalue weighted by Crippen LogP contribution is 2.13. The molecule has 1 unspecified atom stereocenters. The molecule has 1 aromatic carbocycles. The first-order chi connectivity index (χ1) is 10.7. The van der Waals surface area contributed by atoms with Crippen LogP contribution in [0.3, 0.4) is 0 Å². The lowest BCUT2D eigenvalue weighted by atomic mass is 10.2. The standard InChI is InChI=1S/C15H22N6O.ClH/c1-3-9-16-10-11-17-15(22)12(2)21-19-14(18-20-21)13-7-5-4-6-8-13;/h4-8,12,16H,3,9-11H2,1-2H3,(H,17,22);1H. The minimum absolute atomic E-state index is 0. The predicted octanol–water partition coefficient (Wildman–Crippen LogP) is 1.44. The Morgan fingerprint density at radius 3 is 2.65 bits per heavy atom. The number of amides is 1. The van der Waals surface area contributed by atoms with Crippen LogP contribution in [-0.4, -0.2) is 45.7 Å². The van der Waals surface area contributed by atoms with Crippen molar-refractivity contribution in [3.8, 4) is 11.4 Å². The highest BCUT2D eigenvalue weighted by molar-refractivity contribution is 5.85. The summed E-state index contributed by atoms with van der Waals surface area (Å²) in [5.74, 6) is 0.403. The number of tetrazole rings is 1. The largest absolute Gasteiger partial charge is 0.353 e. The summed E-state index contributed by atoms with van der Waals surface area (Å²) in [5, 5.41) is 18.3. The summed E-state index contributed by atoms with van der Waals surface area (Å²) >= 11 is 0. The number of hydrogen-bond acceptors (Lipinski definition) is 5. The zero-order chi connectivity index (χ0) is 15.8. The maximum absolute atomic E-state index is 12.1. The van der Waals surface area contributed by atoms with E-state index in [-0.39, 0.29) is 18.3 Å². The molecule has 0 fully saturated rings. The molecule has 0 aliphatic heterocycles. The third kappa shape index (κ3) is 5.61. The van der Waals surface area contributed by atoms with Crippen LogP contribution in [0.4, 0.5) is 0 Å². The van der Waals surface area contributed by atoms with Crippen molar-refractivity contribution in [1.29, 1.82) is 0 Å². The Balaban J connectivity index is 0.00000264. The van der Waals surface area contributed by atoms with Crippen molar-refractivity contribution in [3.63, 3.8) is 0 Å². The zero-order valence-electron chi connectivity index (χ0n) is 13.4. The van der Waals surface area contributed by atoms with Crippen molar-refractivity contribution < 1.29 is 4.79 Å². The molecule has 2 rings (SSSR count). The fraction of sp³-hybridized carbons (Fsp3) is 0.467. The number of hydrogen-bond donors (Lipinski definition) is 2. The minimum atomic E-state index is -0.490. The molecule has 0 radical (unpaired) electrons. The second-order valence-electron chi connectivity index (χ2n) is 5.02. The molecule has 2 aromatic rings. The van der Waals surface area contributed by atoms with Crippen molar-refractivity contribution in [3.05, 3.63) is 30.3 Å². The molecule has 8 heteroatoms. The van der Waals surface area contributed by atoms with E-state index >= 15 is 0 Å². The van der Waals surface area contributed by atoms with Crippen molar-refractivity contribution >= 4 is 18.3 Å². The summed E-state index contributed by atoms with van der Waals surface area (Å²) in [6.45, 7) is 6.16. The molecular formula is C15H23ClN6O. The van der Waals surface area contributed by atoms with Crippen molar-refractivity contribution in [2.45, 2.75) is 26.3 Å². The molecule has 0 saturated carbocycles. The van der Waals surface area contributed by atoms with E-state index in [0.717, 1.165) is 25.1 Å². The maximum Gasteiger partial charge on any atom is 0.246 e. The van der Waals surface area contributed by atoms with E-state index in [0.29, 0.717) is 12.4 Å². The molecule has 1 aromatic heterocycles. The number of benzene rings is 1. The first-order valence-electron chi connectivity index (χ1n) is 7.55. The smallest absolute Gasteiger partial charge is 0.246 e. The molecule has 2 N–H and O–H groups in total. The fourth-order valence-corrected chi connectivity index (χ4v) is 1.92. The van der Waals surface area contributed by atoms with Gasteiger partial charge in [0, 0.05) is 18.7 Å². The Bertz CT molecular complexity index is 589. The number of nitrogens with one attached hydrogen (secondary N) is 2. The van der Waals surface area contributed by atoms with Gasteiger partial charge in [-0.05, 0) is 25.1 Å². The fourth-order valence-electron chi connectivity index (χ4n) is 1.92. The number of carbonyl (C=O) groups is 1. The van der Waals surface area contributed by atoms with E-state index in [2.05, 4.69) is 33.0 Å². The van der Waals surface area contributed by atoms with Gasteiger partial charge in [-0.1, -0.05) is 37.3 Å². The lowest BCUT2D eigenvalue weighted by Gasteiger charge is -2.10. The molecule has 0 aliphatic rings. The van der Waals surface area contributed by atoms with Gasteiger partial charge in [0.2, 0.25) is 11.7 Å². The minimum Gasteiger partial charge on any atom is -0.353 e. The van der Waals surface area contributed by atoms with Crippen LogP contribution in [0.2, 0.25) is 0 Å². The average molecular weight is 339 g/mol. The van der Waals surface area contributed by atoms with Gasteiger partial charge in [0.1, 0.15) is 6.04 Å². The van der Waals surface area contributed by atoms with Crippen LogP contribution in [-0.2, 0) is 4.79 Å². The van der Waals surface area contributed by atoms with E-state index in [1.54, 1.807) is 6.92 Å². The molecular weight excluding hydrogens is 316 g/mol. The van der Waals surface area contributed by atoms with E-state index in [1.165, 1.54) is 4.80 Å². The Morgan fingerprint density at radius 1 is 1.22 bits per heavy atom. The average Bonchev–Trinajstić information content (AvgIpc) is 3.04. The van der Waals surface area contributed by atoms with Crippen LogP contribution in [0.25, 0.3) is 11.4 Å². The predicted molar refractivity (Wildman–Crippen MR) is 91.4 cm³/mol. The number of halogens is 1. The Kier molecular flexibility index (Phi) is 8.21. The highest BCUT2D eigenvalue weighted by atomic mass is 35.5.